The first-order chi connectivity index (χ1) is 15.2. The summed E-state index contributed by atoms with van der Waals surface area (Å²) in [6.45, 7) is 18.0. The van der Waals surface area contributed by atoms with Crippen molar-refractivity contribution in [2.75, 3.05) is 0 Å². The normalized spacial score (nSPS) is 43.9. The van der Waals surface area contributed by atoms with Crippen molar-refractivity contribution >= 4 is 5.78 Å². The molecule has 4 aliphatic carbocycles. The number of carbonyl (C=O) groups is 1. The van der Waals surface area contributed by atoms with Crippen molar-refractivity contribution in [1.82, 2.24) is 0 Å². The van der Waals surface area contributed by atoms with E-state index in [1.807, 2.05) is 6.08 Å². The first-order valence-electron chi connectivity index (χ1n) is 13.5. The number of aliphatic hydroxyl groups excluding tert-OH is 2. The van der Waals surface area contributed by atoms with E-state index >= 15 is 0 Å². The van der Waals surface area contributed by atoms with Crippen LogP contribution in [-0.4, -0.2) is 28.2 Å². The fraction of sp³-hybridized carbons (Fsp3) is 0.833. The third-order valence-corrected chi connectivity index (χ3v) is 11.4. The first kappa shape index (κ1) is 25.2. The van der Waals surface area contributed by atoms with Crippen LogP contribution in [-0.2, 0) is 4.79 Å². The lowest BCUT2D eigenvalue weighted by molar-refractivity contribution is -0.141. The minimum Gasteiger partial charge on any atom is -0.389 e. The summed E-state index contributed by atoms with van der Waals surface area (Å²) in [5, 5.41) is 22.3. The highest BCUT2D eigenvalue weighted by Crippen LogP contribution is 2.72. The Hall–Kier alpha value is -0.930. The summed E-state index contributed by atoms with van der Waals surface area (Å²) in [7, 11) is 0. The van der Waals surface area contributed by atoms with Crippen LogP contribution >= 0.6 is 0 Å². The molecule has 2 saturated carbocycles. The van der Waals surface area contributed by atoms with Crippen LogP contribution in [0.25, 0.3) is 0 Å². The summed E-state index contributed by atoms with van der Waals surface area (Å²) >= 11 is 0. The average molecular weight is 457 g/mol. The van der Waals surface area contributed by atoms with Crippen LogP contribution in [0.2, 0.25) is 0 Å². The molecule has 4 aliphatic rings. The molecule has 2 fully saturated rings. The van der Waals surface area contributed by atoms with Gasteiger partial charge >= 0.3 is 0 Å². The third-order valence-electron chi connectivity index (χ3n) is 11.4. The van der Waals surface area contributed by atoms with Crippen LogP contribution in [0.1, 0.15) is 107 Å². The summed E-state index contributed by atoms with van der Waals surface area (Å²) < 4.78 is 0. The van der Waals surface area contributed by atoms with Crippen molar-refractivity contribution in [3.63, 3.8) is 0 Å². The van der Waals surface area contributed by atoms with Gasteiger partial charge in [0.15, 0.2) is 0 Å². The number of Topliss-reactive ketones (excluding diaryl/α,β-unsaturated/α-hetero) is 1. The van der Waals surface area contributed by atoms with Gasteiger partial charge in [-0.2, -0.15) is 0 Å². The predicted molar refractivity (Wildman–Crippen MR) is 135 cm³/mol. The van der Waals surface area contributed by atoms with Gasteiger partial charge in [0.05, 0.1) is 12.2 Å². The second kappa shape index (κ2) is 8.05. The molecule has 186 valence electrons. The van der Waals surface area contributed by atoms with Crippen LogP contribution < -0.4 is 0 Å². The third kappa shape index (κ3) is 3.54. The van der Waals surface area contributed by atoms with Gasteiger partial charge in [-0.1, -0.05) is 58.8 Å². The topological polar surface area (TPSA) is 57.5 Å². The molecule has 0 aliphatic heterocycles. The van der Waals surface area contributed by atoms with Crippen molar-refractivity contribution in [1.29, 1.82) is 0 Å². The highest BCUT2D eigenvalue weighted by molar-refractivity contribution is 5.85. The molecular weight excluding hydrogens is 408 g/mol. The Labute approximate surface area is 202 Å². The van der Waals surface area contributed by atoms with E-state index in [9.17, 15) is 15.0 Å². The predicted octanol–water partition coefficient (Wildman–Crippen LogP) is 6.63. The van der Waals surface area contributed by atoms with E-state index in [2.05, 4.69) is 55.4 Å². The van der Waals surface area contributed by atoms with Gasteiger partial charge in [-0.25, -0.2) is 0 Å². The van der Waals surface area contributed by atoms with Gasteiger partial charge in [-0.3, -0.25) is 4.79 Å². The Balaban J connectivity index is 1.70. The lowest BCUT2D eigenvalue weighted by atomic mass is 9.43. The van der Waals surface area contributed by atoms with Gasteiger partial charge in [-0.15, -0.1) is 0 Å². The van der Waals surface area contributed by atoms with Crippen molar-refractivity contribution in [3.8, 4) is 0 Å². The molecule has 0 heterocycles. The molecule has 0 bridgehead atoms. The van der Waals surface area contributed by atoms with E-state index in [1.54, 1.807) is 0 Å². The monoisotopic (exact) mass is 456 g/mol. The van der Waals surface area contributed by atoms with Gasteiger partial charge in [0.2, 0.25) is 0 Å². The van der Waals surface area contributed by atoms with Gasteiger partial charge < -0.3 is 10.2 Å². The number of fused-ring (bicyclic) bond motifs is 4. The summed E-state index contributed by atoms with van der Waals surface area (Å²) in [6.07, 6.45) is 8.82. The van der Waals surface area contributed by atoms with E-state index in [4.69, 9.17) is 0 Å². The molecule has 3 nitrogen and oxygen atoms in total. The van der Waals surface area contributed by atoms with Gasteiger partial charge in [-0.05, 0) is 98.4 Å². The Morgan fingerprint density at radius 3 is 2.39 bits per heavy atom. The van der Waals surface area contributed by atoms with Gasteiger partial charge in [0, 0.05) is 11.8 Å². The zero-order chi connectivity index (χ0) is 24.6. The largest absolute Gasteiger partial charge is 0.389 e. The van der Waals surface area contributed by atoms with Crippen molar-refractivity contribution in [3.05, 3.63) is 22.8 Å². The molecule has 0 amide bonds. The maximum Gasteiger partial charge on any atom is 0.138 e. The van der Waals surface area contributed by atoms with E-state index in [1.165, 1.54) is 23.1 Å². The molecular formula is C30H48O3. The lowest BCUT2D eigenvalue weighted by Gasteiger charge is -2.61. The highest BCUT2D eigenvalue weighted by atomic mass is 16.3. The summed E-state index contributed by atoms with van der Waals surface area (Å²) in [6, 6.07) is 0. The number of aliphatic hydroxyl groups is 2. The number of hydrogen-bond donors (Lipinski definition) is 2. The molecule has 0 radical (unpaired) electrons. The van der Waals surface area contributed by atoms with E-state index in [0.29, 0.717) is 24.0 Å². The van der Waals surface area contributed by atoms with Crippen LogP contribution in [0.3, 0.4) is 0 Å². The van der Waals surface area contributed by atoms with Crippen LogP contribution in [0.4, 0.5) is 0 Å². The maximum atomic E-state index is 12.8. The standard InChI is InChI=1S/C30H48O3/c1-18(2)15-20(31)16-19(3)21-9-14-30(8)26-22(10-13-29(21,30)7)28(6)12-11-25(33)27(4,5)24(28)17-23(26)32/h15,19-21,23-24,31-32H,9-14,16-17H2,1-8H3/t19-,20-,21-,23+,24+,28+,29-,30+/m0/s1. The Morgan fingerprint density at radius 1 is 1.09 bits per heavy atom. The molecule has 0 saturated heterocycles. The van der Waals surface area contributed by atoms with Crippen LogP contribution in [0.15, 0.2) is 22.8 Å². The molecule has 0 spiro atoms. The molecule has 4 rings (SSSR count). The fourth-order valence-corrected chi connectivity index (χ4v) is 9.40. The zero-order valence-corrected chi connectivity index (χ0v) is 22.4. The Bertz CT molecular complexity index is 877. The maximum absolute atomic E-state index is 12.8. The van der Waals surface area contributed by atoms with Gasteiger partial charge in [0.1, 0.15) is 5.78 Å². The molecule has 0 unspecified atom stereocenters. The minimum atomic E-state index is -0.432. The van der Waals surface area contributed by atoms with E-state index in [0.717, 1.165) is 38.5 Å². The van der Waals surface area contributed by atoms with E-state index < -0.39 is 6.10 Å². The van der Waals surface area contributed by atoms with E-state index in [-0.39, 0.29) is 33.7 Å². The molecule has 33 heavy (non-hydrogen) atoms. The summed E-state index contributed by atoms with van der Waals surface area (Å²) in [5.41, 5.74) is 3.83. The number of allylic oxidation sites excluding steroid dienone is 2. The van der Waals surface area contributed by atoms with Crippen molar-refractivity contribution in [2.24, 2.45) is 39.4 Å². The SMILES string of the molecule is CC(C)=C[C@H](O)C[C@H](C)[C@@H]1CC[C@]2(C)C3=C(CC[C@@]12C)[C@@]1(C)CCC(=O)C(C)(C)[C@H]1C[C@H]3O. The Kier molecular flexibility index (Phi) is 6.14. The summed E-state index contributed by atoms with van der Waals surface area (Å²) in [4.78, 5) is 12.8. The molecule has 3 heteroatoms. The number of carbonyl (C=O) groups excluding carboxylic acids is 1. The first-order valence-corrected chi connectivity index (χ1v) is 13.5. The Morgan fingerprint density at radius 2 is 1.76 bits per heavy atom. The molecule has 0 aromatic heterocycles. The smallest absolute Gasteiger partial charge is 0.138 e. The van der Waals surface area contributed by atoms with Crippen LogP contribution in [0, 0.1) is 39.4 Å². The quantitative estimate of drug-likeness (QED) is 0.467. The number of rotatable bonds is 4. The van der Waals surface area contributed by atoms with Crippen molar-refractivity contribution < 1.29 is 15.0 Å². The summed E-state index contributed by atoms with van der Waals surface area (Å²) in [5.74, 6) is 1.60. The second-order valence-electron chi connectivity index (χ2n) is 13.7. The minimum absolute atomic E-state index is 0.0000295. The number of hydrogen-bond acceptors (Lipinski definition) is 3. The molecule has 0 aromatic carbocycles. The fourth-order valence-electron chi connectivity index (χ4n) is 9.40. The highest BCUT2D eigenvalue weighted by Gasteiger charge is 2.65. The van der Waals surface area contributed by atoms with Crippen LogP contribution in [0.5, 0.6) is 0 Å². The molecule has 8 atom stereocenters. The molecule has 2 N–H and O–H groups in total. The molecule has 0 aromatic rings. The second-order valence-corrected chi connectivity index (χ2v) is 13.7. The van der Waals surface area contributed by atoms with Gasteiger partial charge in [0.25, 0.3) is 0 Å². The number of ketones is 1. The average Bonchev–Trinajstić information content (AvgIpc) is 2.97. The lowest BCUT2D eigenvalue weighted by Crippen LogP contribution is -2.57. The zero-order valence-electron chi connectivity index (χ0n) is 22.4. The van der Waals surface area contributed by atoms with Crippen molar-refractivity contribution in [2.45, 2.75) is 119 Å².